The molecule has 1 aliphatic rings. The van der Waals surface area contributed by atoms with Crippen molar-refractivity contribution in [2.75, 3.05) is 20.8 Å². The second-order valence-electron chi connectivity index (χ2n) is 8.17. The van der Waals surface area contributed by atoms with Gasteiger partial charge in [-0.25, -0.2) is 13.6 Å². The van der Waals surface area contributed by atoms with Crippen molar-refractivity contribution in [1.82, 2.24) is 4.90 Å². The fourth-order valence-electron chi connectivity index (χ4n) is 4.31. The molecule has 3 aromatic carbocycles. The molecule has 188 valence electrons. The highest BCUT2D eigenvalue weighted by molar-refractivity contribution is 6.01. The Labute approximate surface area is 206 Å². The number of carboxylic acids is 1. The standard InChI is InChI=1S/C27H25F2NO6/c1-4-36-14-15-12-20(34-2)22(21(13-15)35-3)16-8-10-17(11-9-16)24-25(27(32)33)30(24)26(31)23-18(28)6-5-7-19(23)29/h5-13,24-25H,4,14H2,1-3H3,(H,32,33). The Morgan fingerprint density at radius 2 is 1.56 bits per heavy atom. The van der Waals surface area contributed by atoms with Gasteiger partial charge in [-0.15, -0.1) is 0 Å². The van der Waals surface area contributed by atoms with Crippen molar-refractivity contribution in [3.05, 3.63) is 82.9 Å². The average molecular weight is 497 g/mol. The zero-order valence-corrected chi connectivity index (χ0v) is 20.0. The number of methoxy groups -OCH3 is 2. The van der Waals surface area contributed by atoms with Crippen LogP contribution in [0.4, 0.5) is 8.78 Å². The first kappa shape index (κ1) is 25.1. The van der Waals surface area contributed by atoms with E-state index in [1.807, 2.05) is 19.1 Å². The van der Waals surface area contributed by atoms with Gasteiger partial charge in [-0.05, 0) is 47.9 Å². The highest BCUT2D eigenvalue weighted by Crippen LogP contribution is 2.46. The lowest BCUT2D eigenvalue weighted by Crippen LogP contribution is -2.20. The molecule has 1 amide bonds. The minimum Gasteiger partial charge on any atom is -0.496 e. The van der Waals surface area contributed by atoms with Crippen molar-refractivity contribution in [3.8, 4) is 22.6 Å². The van der Waals surface area contributed by atoms with E-state index >= 15 is 0 Å². The van der Waals surface area contributed by atoms with Crippen LogP contribution in [0, 0.1) is 11.6 Å². The topological polar surface area (TPSA) is 85.1 Å². The maximum absolute atomic E-state index is 14.2. The van der Waals surface area contributed by atoms with Gasteiger partial charge in [0, 0.05) is 6.61 Å². The molecule has 7 nitrogen and oxygen atoms in total. The highest BCUT2D eigenvalue weighted by Gasteiger charge is 2.57. The highest BCUT2D eigenvalue weighted by atomic mass is 19.1. The predicted octanol–water partition coefficient (Wildman–Crippen LogP) is 4.84. The van der Waals surface area contributed by atoms with Gasteiger partial charge >= 0.3 is 5.97 Å². The van der Waals surface area contributed by atoms with Crippen molar-refractivity contribution in [2.45, 2.75) is 25.6 Å². The molecule has 0 radical (unpaired) electrons. The van der Waals surface area contributed by atoms with E-state index in [1.54, 1.807) is 38.5 Å². The van der Waals surface area contributed by atoms with Crippen LogP contribution in [0.5, 0.6) is 11.5 Å². The molecular formula is C27H25F2NO6. The normalized spacial score (nSPS) is 16.5. The number of hydrogen-bond acceptors (Lipinski definition) is 5. The van der Waals surface area contributed by atoms with Crippen LogP contribution >= 0.6 is 0 Å². The number of ether oxygens (including phenoxy) is 3. The van der Waals surface area contributed by atoms with Crippen molar-refractivity contribution in [3.63, 3.8) is 0 Å². The smallest absolute Gasteiger partial charge is 0.328 e. The first-order chi connectivity index (χ1) is 17.3. The van der Waals surface area contributed by atoms with E-state index in [0.717, 1.165) is 34.2 Å². The van der Waals surface area contributed by atoms with Crippen LogP contribution in [0.15, 0.2) is 54.6 Å². The molecule has 1 fully saturated rings. The number of halogens is 2. The number of nitrogens with zero attached hydrogens (tertiary/aromatic N) is 1. The summed E-state index contributed by atoms with van der Waals surface area (Å²) in [7, 11) is 3.09. The van der Waals surface area contributed by atoms with E-state index in [4.69, 9.17) is 14.2 Å². The SMILES string of the molecule is CCOCc1cc(OC)c(-c2ccc(C3C(C(=O)O)N3C(=O)c3c(F)cccc3F)cc2)c(OC)c1. The number of hydrogen-bond donors (Lipinski definition) is 1. The van der Waals surface area contributed by atoms with Crippen molar-refractivity contribution < 1.29 is 37.7 Å². The molecule has 0 spiro atoms. The summed E-state index contributed by atoms with van der Waals surface area (Å²) in [6, 6.07) is 11.5. The Balaban J connectivity index is 1.66. The maximum atomic E-state index is 14.2. The van der Waals surface area contributed by atoms with Gasteiger partial charge in [0.2, 0.25) is 0 Å². The molecule has 3 aromatic rings. The van der Waals surface area contributed by atoms with Gasteiger partial charge in [-0.3, -0.25) is 4.79 Å². The summed E-state index contributed by atoms with van der Waals surface area (Å²) < 4.78 is 45.0. The van der Waals surface area contributed by atoms with E-state index in [1.165, 1.54) is 0 Å². The number of carboxylic acid groups (broad SMARTS) is 1. The number of amides is 1. The zero-order chi connectivity index (χ0) is 26.0. The molecule has 2 atom stereocenters. The number of carbonyl (C=O) groups is 2. The third kappa shape index (κ3) is 4.61. The van der Waals surface area contributed by atoms with Gasteiger partial charge in [0.05, 0.1) is 32.4 Å². The second-order valence-corrected chi connectivity index (χ2v) is 8.17. The molecule has 2 unspecified atom stereocenters. The lowest BCUT2D eigenvalue weighted by atomic mass is 9.98. The summed E-state index contributed by atoms with van der Waals surface area (Å²) in [6.45, 7) is 2.86. The number of rotatable bonds is 9. The van der Waals surface area contributed by atoms with Gasteiger partial charge < -0.3 is 24.2 Å². The first-order valence-corrected chi connectivity index (χ1v) is 11.2. The largest absolute Gasteiger partial charge is 0.496 e. The monoisotopic (exact) mass is 497 g/mol. The summed E-state index contributed by atoms with van der Waals surface area (Å²) in [6.07, 6.45) is 0. The molecule has 0 aromatic heterocycles. The molecule has 0 aliphatic carbocycles. The number of aliphatic carboxylic acids is 1. The van der Waals surface area contributed by atoms with E-state index in [9.17, 15) is 23.5 Å². The lowest BCUT2D eigenvalue weighted by molar-refractivity contribution is -0.137. The predicted molar refractivity (Wildman–Crippen MR) is 127 cm³/mol. The molecule has 1 aliphatic heterocycles. The van der Waals surface area contributed by atoms with Crippen LogP contribution < -0.4 is 9.47 Å². The molecule has 9 heteroatoms. The van der Waals surface area contributed by atoms with Gasteiger partial charge in [-0.1, -0.05) is 30.3 Å². The summed E-state index contributed by atoms with van der Waals surface area (Å²) in [5.74, 6) is -3.23. The Morgan fingerprint density at radius 3 is 2.06 bits per heavy atom. The molecule has 1 N–H and O–H groups in total. The Kier molecular flexibility index (Phi) is 7.21. The van der Waals surface area contributed by atoms with Gasteiger partial charge in [0.1, 0.15) is 28.7 Å². The van der Waals surface area contributed by atoms with Gasteiger partial charge in [0.25, 0.3) is 5.91 Å². The minimum absolute atomic E-state index is 0.396. The third-order valence-electron chi connectivity index (χ3n) is 6.05. The van der Waals surface area contributed by atoms with E-state index in [0.29, 0.717) is 35.8 Å². The Hall–Kier alpha value is -3.98. The van der Waals surface area contributed by atoms with E-state index in [2.05, 4.69) is 0 Å². The van der Waals surface area contributed by atoms with Crippen LogP contribution in [0.25, 0.3) is 11.1 Å². The molecule has 36 heavy (non-hydrogen) atoms. The van der Waals surface area contributed by atoms with Crippen molar-refractivity contribution in [2.24, 2.45) is 0 Å². The third-order valence-corrected chi connectivity index (χ3v) is 6.05. The maximum Gasteiger partial charge on any atom is 0.328 e. The lowest BCUT2D eigenvalue weighted by Gasteiger charge is -2.16. The van der Waals surface area contributed by atoms with Crippen LogP contribution in [0.3, 0.4) is 0 Å². The van der Waals surface area contributed by atoms with Crippen LogP contribution in [0.2, 0.25) is 0 Å². The number of benzene rings is 3. The van der Waals surface area contributed by atoms with Crippen molar-refractivity contribution >= 4 is 11.9 Å². The first-order valence-electron chi connectivity index (χ1n) is 11.2. The van der Waals surface area contributed by atoms with Crippen LogP contribution in [-0.4, -0.2) is 48.8 Å². The average Bonchev–Trinajstić information content (AvgIpc) is 3.63. The fourth-order valence-corrected chi connectivity index (χ4v) is 4.31. The van der Waals surface area contributed by atoms with Crippen LogP contribution in [-0.2, 0) is 16.1 Å². The second kappa shape index (κ2) is 10.3. The molecule has 4 rings (SSSR count). The van der Waals surface area contributed by atoms with Crippen molar-refractivity contribution in [1.29, 1.82) is 0 Å². The minimum atomic E-state index is -1.26. The Bertz CT molecular complexity index is 1250. The molecule has 1 heterocycles. The molecule has 0 bridgehead atoms. The van der Waals surface area contributed by atoms with Gasteiger partial charge in [0.15, 0.2) is 6.04 Å². The summed E-state index contributed by atoms with van der Waals surface area (Å²) in [5, 5.41) is 9.62. The zero-order valence-electron chi connectivity index (χ0n) is 20.0. The van der Waals surface area contributed by atoms with E-state index in [-0.39, 0.29) is 0 Å². The van der Waals surface area contributed by atoms with E-state index < -0.39 is 41.2 Å². The van der Waals surface area contributed by atoms with Crippen LogP contribution in [0.1, 0.15) is 34.5 Å². The summed E-state index contributed by atoms with van der Waals surface area (Å²) in [5.41, 5.74) is 2.05. The van der Waals surface area contributed by atoms with Gasteiger partial charge in [-0.2, -0.15) is 0 Å². The quantitative estimate of drug-likeness (QED) is 0.426. The summed E-state index contributed by atoms with van der Waals surface area (Å²) >= 11 is 0. The molecule has 1 saturated heterocycles. The summed E-state index contributed by atoms with van der Waals surface area (Å²) in [4.78, 5) is 25.6. The molecule has 0 saturated carbocycles. The Morgan fingerprint density at radius 1 is 0.972 bits per heavy atom. The number of carbonyl (C=O) groups excluding carboxylic acids is 1. The molecular weight excluding hydrogens is 472 g/mol. The fraction of sp³-hybridized carbons (Fsp3) is 0.259.